The molecular formula is C38H45ClF3N3O6S. The first kappa shape index (κ1) is 37.2. The van der Waals surface area contributed by atoms with E-state index in [1.807, 2.05) is 31.2 Å². The van der Waals surface area contributed by atoms with E-state index in [0.717, 1.165) is 32.1 Å². The van der Waals surface area contributed by atoms with Gasteiger partial charge in [0.05, 0.1) is 24.2 Å². The number of aryl methyl sites for hydroxylation is 1. The van der Waals surface area contributed by atoms with Gasteiger partial charge in [-0.1, -0.05) is 36.7 Å². The highest BCUT2D eigenvalue weighted by molar-refractivity contribution is 7.92. The summed E-state index contributed by atoms with van der Waals surface area (Å²) in [6, 6.07) is 11.1. The van der Waals surface area contributed by atoms with Crippen LogP contribution >= 0.6 is 11.6 Å². The number of anilines is 1. The Morgan fingerprint density at radius 1 is 1.19 bits per heavy atom. The van der Waals surface area contributed by atoms with Crippen molar-refractivity contribution in [1.29, 1.82) is 0 Å². The first-order valence-electron chi connectivity index (χ1n) is 18.0. The van der Waals surface area contributed by atoms with Crippen molar-refractivity contribution in [3.8, 4) is 5.75 Å². The zero-order valence-electron chi connectivity index (χ0n) is 29.3. The van der Waals surface area contributed by atoms with Gasteiger partial charge in [-0.25, -0.2) is 4.21 Å². The van der Waals surface area contributed by atoms with Crippen molar-refractivity contribution in [2.45, 2.75) is 81.6 Å². The molecule has 9 nitrogen and oxygen atoms in total. The standard InChI is InChI=1S/C38H45ClF3N3O6S/c1-23-5-3-7-32(50-2)29-11-8-26(29)19-45-21-36(14-4-6-24-15-28(39)10-12-30(24)36)22-51-33-13-9-25(16-31(33)45)34(46)43-52(49,20-23)44-35(47)27-17-37(48,18-27)38(40,41)42/h3,7,9-10,12-13,15-16,23,26-27,29,32,48H,4-6,8,11,14,17-22H2,1-2H3,(H,43,44,46,47,49)/b7-3+/t23-,26-,27?,29+,32-,36-,37?,52-/m0/s1. The molecule has 0 radical (unpaired) electrons. The summed E-state index contributed by atoms with van der Waals surface area (Å²) < 4.78 is 73.2. The van der Waals surface area contributed by atoms with Crippen LogP contribution in [-0.2, 0) is 31.3 Å². The smallest absolute Gasteiger partial charge is 0.417 e. The number of hydrogen-bond donors (Lipinski definition) is 2. The number of ether oxygens (including phenoxy) is 2. The molecule has 5 aliphatic rings. The number of carbonyl (C=O) groups is 2. The molecule has 2 fully saturated rings. The number of methoxy groups -OCH3 is 1. The van der Waals surface area contributed by atoms with Crippen LogP contribution in [0.3, 0.4) is 0 Å². The van der Waals surface area contributed by atoms with Crippen molar-refractivity contribution in [2.75, 3.05) is 37.5 Å². The summed E-state index contributed by atoms with van der Waals surface area (Å²) >= 11 is 6.42. The Labute approximate surface area is 307 Å². The Morgan fingerprint density at radius 2 is 1.98 bits per heavy atom. The molecule has 2 aromatic carbocycles. The van der Waals surface area contributed by atoms with E-state index in [9.17, 15) is 32.1 Å². The number of alkyl halides is 3. The van der Waals surface area contributed by atoms with Gasteiger partial charge in [0.25, 0.3) is 5.91 Å². The van der Waals surface area contributed by atoms with Crippen LogP contribution in [0.1, 0.15) is 73.4 Å². The Kier molecular flexibility index (Phi) is 9.97. The molecule has 0 unspecified atom stereocenters. The SMILES string of the molecule is CO[C@H]1/C=C/C[C@H](C)C[S@@](=O)(NC(=O)C2CC(O)(C(F)(F)F)C2)=NC(=O)c2ccc3c(c2)N(C[C@@H]2CC[C@H]21)C[C@@]1(CCCc2cc(Cl)ccc21)CO3. The normalized spacial score (nSPS) is 35.4. The number of benzene rings is 2. The van der Waals surface area contributed by atoms with Crippen molar-refractivity contribution in [3.63, 3.8) is 0 Å². The zero-order valence-corrected chi connectivity index (χ0v) is 30.9. The van der Waals surface area contributed by atoms with Gasteiger partial charge in [-0.05, 0) is 111 Å². The molecule has 2 saturated carbocycles. The number of amides is 2. The van der Waals surface area contributed by atoms with Crippen molar-refractivity contribution < 1.29 is 41.5 Å². The minimum absolute atomic E-state index is 0.149. The Morgan fingerprint density at radius 3 is 2.69 bits per heavy atom. The lowest BCUT2D eigenvalue weighted by molar-refractivity contribution is -0.295. The first-order valence-corrected chi connectivity index (χ1v) is 20.1. The molecule has 14 heteroatoms. The maximum absolute atomic E-state index is 14.4. The van der Waals surface area contributed by atoms with E-state index in [1.54, 1.807) is 25.3 Å². The summed E-state index contributed by atoms with van der Waals surface area (Å²) in [6.07, 6.45) is 2.49. The monoisotopic (exact) mass is 763 g/mol. The predicted octanol–water partition coefficient (Wildman–Crippen LogP) is 6.79. The Bertz CT molecular complexity index is 1890. The van der Waals surface area contributed by atoms with Gasteiger partial charge in [0.1, 0.15) is 15.7 Å². The third-order valence-corrected chi connectivity index (χ3v) is 14.1. The van der Waals surface area contributed by atoms with Gasteiger partial charge in [0.2, 0.25) is 5.91 Å². The van der Waals surface area contributed by atoms with E-state index in [1.165, 1.54) is 11.1 Å². The molecule has 2 bridgehead atoms. The number of fused-ring (bicyclic) bond motifs is 4. The molecule has 282 valence electrons. The van der Waals surface area contributed by atoms with E-state index in [-0.39, 0.29) is 34.7 Å². The van der Waals surface area contributed by atoms with Gasteiger partial charge in [-0.2, -0.15) is 13.2 Å². The van der Waals surface area contributed by atoms with Crippen LogP contribution in [0.2, 0.25) is 5.02 Å². The van der Waals surface area contributed by atoms with E-state index in [0.29, 0.717) is 48.5 Å². The second-order valence-corrected chi connectivity index (χ2v) is 18.0. The molecule has 52 heavy (non-hydrogen) atoms. The third-order valence-electron chi connectivity index (χ3n) is 11.8. The molecule has 3 aliphatic carbocycles. The minimum atomic E-state index is -4.90. The quantitative estimate of drug-likeness (QED) is 0.331. The summed E-state index contributed by atoms with van der Waals surface area (Å²) in [7, 11) is -2.10. The van der Waals surface area contributed by atoms with Crippen LogP contribution in [0.4, 0.5) is 18.9 Å². The fourth-order valence-corrected chi connectivity index (χ4v) is 10.9. The summed E-state index contributed by atoms with van der Waals surface area (Å²) in [4.78, 5) is 29.3. The van der Waals surface area contributed by atoms with Gasteiger partial charge in [0.15, 0.2) is 5.60 Å². The second-order valence-electron chi connectivity index (χ2n) is 15.6. The van der Waals surface area contributed by atoms with Crippen LogP contribution in [0.15, 0.2) is 52.9 Å². The molecule has 2 aromatic rings. The average Bonchev–Trinajstić information content (AvgIpc) is 3.20. The number of nitrogens with zero attached hydrogens (tertiary/aromatic N) is 2. The molecule has 2 heterocycles. The van der Waals surface area contributed by atoms with Crippen molar-refractivity contribution >= 4 is 39.0 Å². The number of allylic oxidation sites excluding steroid dienone is 1. The predicted molar refractivity (Wildman–Crippen MR) is 192 cm³/mol. The number of hydrogen-bond acceptors (Lipinski definition) is 7. The summed E-state index contributed by atoms with van der Waals surface area (Å²) in [5.41, 5.74) is -0.0333. The fourth-order valence-electron chi connectivity index (χ4n) is 8.78. The fraction of sp³-hybridized carbons (Fsp3) is 0.579. The van der Waals surface area contributed by atoms with E-state index in [4.69, 9.17) is 21.1 Å². The average molecular weight is 764 g/mol. The molecule has 1 spiro atoms. The summed E-state index contributed by atoms with van der Waals surface area (Å²) in [6.45, 7) is 3.58. The van der Waals surface area contributed by atoms with E-state index < -0.39 is 52.3 Å². The lowest BCUT2D eigenvalue weighted by Crippen LogP contribution is -2.59. The number of rotatable bonds is 3. The molecular weight excluding hydrogens is 719 g/mol. The molecule has 7 rings (SSSR count). The topological polar surface area (TPSA) is 118 Å². The van der Waals surface area contributed by atoms with Crippen LogP contribution in [0.25, 0.3) is 0 Å². The maximum atomic E-state index is 14.4. The van der Waals surface area contributed by atoms with Crippen molar-refractivity contribution in [2.24, 2.45) is 28.0 Å². The highest BCUT2D eigenvalue weighted by Gasteiger charge is 2.63. The van der Waals surface area contributed by atoms with Gasteiger partial charge in [0, 0.05) is 42.1 Å². The summed E-state index contributed by atoms with van der Waals surface area (Å²) in [5.74, 6) is -2.33. The van der Waals surface area contributed by atoms with Gasteiger partial charge in [-0.15, -0.1) is 4.36 Å². The lowest BCUT2D eigenvalue weighted by Gasteiger charge is -2.46. The Balaban J connectivity index is 1.26. The molecule has 2 amide bonds. The number of halogens is 4. The Hall–Kier alpha value is -3.13. The van der Waals surface area contributed by atoms with Crippen LogP contribution in [-0.4, -0.2) is 71.6 Å². The number of carbonyl (C=O) groups excluding carboxylic acids is 2. The zero-order chi connectivity index (χ0) is 37.1. The second kappa shape index (κ2) is 13.9. The largest absolute Gasteiger partial charge is 0.490 e. The number of aliphatic hydroxyl groups is 1. The van der Waals surface area contributed by atoms with Crippen molar-refractivity contribution in [1.82, 2.24) is 4.72 Å². The van der Waals surface area contributed by atoms with Gasteiger partial charge < -0.3 is 19.5 Å². The molecule has 2 N–H and O–H groups in total. The summed E-state index contributed by atoms with van der Waals surface area (Å²) in [5, 5.41) is 10.6. The van der Waals surface area contributed by atoms with E-state index in [2.05, 4.69) is 20.1 Å². The van der Waals surface area contributed by atoms with Gasteiger partial charge >= 0.3 is 6.18 Å². The minimum Gasteiger partial charge on any atom is -0.490 e. The molecule has 0 aromatic heterocycles. The molecule has 0 saturated heterocycles. The maximum Gasteiger partial charge on any atom is 0.417 e. The highest BCUT2D eigenvalue weighted by atomic mass is 35.5. The first-order chi connectivity index (χ1) is 24.6. The van der Waals surface area contributed by atoms with Crippen LogP contribution in [0.5, 0.6) is 5.75 Å². The highest BCUT2D eigenvalue weighted by Crippen LogP contribution is 2.49. The molecule has 2 aliphatic heterocycles. The number of nitrogens with one attached hydrogen (secondary N) is 1. The van der Waals surface area contributed by atoms with Crippen LogP contribution in [0, 0.1) is 23.7 Å². The van der Waals surface area contributed by atoms with Gasteiger partial charge in [-0.3, -0.25) is 14.3 Å². The lowest BCUT2D eigenvalue weighted by atomic mass is 9.68. The van der Waals surface area contributed by atoms with E-state index >= 15 is 0 Å². The molecule has 6 atom stereocenters. The van der Waals surface area contributed by atoms with Crippen LogP contribution < -0.4 is 14.4 Å². The third kappa shape index (κ3) is 7.10. The van der Waals surface area contributed by atoms with Crippen molar-refractivity contribution in [3.05, 3.63) is 70.3 Å².